The van der Waals surface area contributed by atoms with E-state index in [9.17, 15) is 5.11 Å². The van der Waals surface area contributed by atoms with Crippen LogP contribution < -0.4 is 0 Å². The molecule has 0 aliphatic rings. The number of hydrogen-bond donors (Lipinski definition) is 1. The highest BCUT2D eigenvalue weighted by atomic mass is 32.1. The van der Waals surface area contributed by atoms with E-state index in [0.717, 1.165) is 23.4 Å². The molecule has 1 heterocycles. The standard InChI is InChI=1S/C15H19NOS/c1-10-8-11(2)15(12(3)9-10)13(17)4-5-14-16-6-7-18-14/h6-9,13,17H,4-5H2,1-3H3. The van der Waals surface area contributed by atoms with Crippen molar-refractivity contribution in [1.29, 1.82) is 0 Å². The second-order valence-electron chi connectivity index (χ2n) is 4.79. The van der Waals surface area contributed by atoms with Crippen LogP contribution in [0.15, 0.2) is 23.7 Å². The number of nitrogens with zero attached hydrogens (tertiary/aromatic N) is 1. The Balaban J connectivity index is 2.11. The molecule has 0 bridgehead atoms. The highest BCUT2D eigenvalue weighted by Crippen LogP contribution is 2.27. The summed E-state index contributed by atoms with van der Waals surface area (Å²) in [6.07, 6.45) is 2.99. The fourth-order valence-corrected chi connectivity index (χ4v) is 3.13. The van der Waals surface area contributed by atoms with Crippen LogP contribution in [0.25, 0.3) is 0 Å². The largest absolute Gasteiger partial charge is 0.388 e. The van der Waals surface area contributed by atoms with Crippen molar-refractivity contribution >= 4 is 11.3 Å². The zero-order valence-corrected chi connectivity index (χ0v) is 11.9. The van der Waals surface area contributed by atoms with Crippen LogP contribution in [-0.4, -0.2) is 10.1 Å². The summed E-state index contributed by atoms with van der Waals surface area (Å²) < 4.78 is 0. The van der Waals surface area contributed by atoms with Crippen LogP contribution in [0.4, 0.5) is 0 Å². The summed E-state index contributed by atoms with van der Waals surface area (Å²) in [7, 11) is 0. The van der Waals surface area contributed by atoms with Crippen molar-refractivity contribution in [1.82, 2.24) is 4.98 Å². The third-order valence-corrected chi connectivity index (χ3v) is 4.03. The molecule has 1 N–H and O–H groups in total. The van der Waals surface area contributed by atoms with Gasteiger partial charge in [-0.1, -0.05) is 17.7 Å². The number of aromatic nitrogens is 1. The lowest BCUT2D eigenvalue weighted by Crippen LogP contribution is -2.05. The van der Waals surface area contributed by atoms with Crippen molar-refractivity contribution < 1.29 is 5.11 Å². The third kappa shape index (κ3) is 2.98. The molecule has 0 aliphatic carbocycles. The van der Waals surface area contributed by atoms with E-state index in [1.807, 2.05) is 11.6 Å². The van der Waals surface area contributed by atoms with Crippen molar-refractivity contribution in [2.45, 2.75) is 39.7 Å². The minimum atomic E-state index is -0.394. The van der Waals surface area contributed by atoms with Crippen LogP contribution in [0.1, 0.15) is 39.8 Å². The molecule has 0 amide bonds. The Morgan fingerprint density at radius 3 is 2.44 bits per heavy atom. The molecule has 1 atom stereocenters. The molecule has 0 saturated carbocycles. The summed E-state index contributed by atoms with van der Waals surface area (Å²) in [6, 6.07) is 4.27. The maximum atomic E-state index is 10.3. The van der Waals surface area contributed by atoms with Crippen molar-refractivity contribution in [3.05, 3.63) is 51.0 Å². The molecule has 1 unspecified atom stereocenters. The molecule has 2 nitrogen and oxygen atoms in total. The van der Waals surface area contributed by atoms with Gasteiger partial charge in [0.1, 0.15) is 0 Å². The molecule has 0 fully saturated rings. The van der Waals surface area contributed by atoms with Crippen molar-refractivity contribution in [3.8, 4) is 0 Å². The lowest BCUT2D eigenvalue weighted by atomic mass is 9.93. The number of aliphatic hydroxyl groups excluding tert-OH is 1. The van der Waals surface area contributed by atoms with E-state index in [-0.39, 0.29) is 0 Å². The van der Waals surface area contributed by atoms with Gasteiger partial charge in [0.2, 0.25) is 0 Å². The van der Waals surface area contributed by atoms with Crippen molar-refractivity contribution in [3.63, 3.8) is 0 Å². The van der Waals surface area contributed by atoms with E-state index in [2.05, 4.69) is 37.9 Å². The Hall–Kier alpha value is -1.19. The van der Waals surface area contributed by atoms with Crippen LogP contribution >= 0.6 is 11.3 Å². The van der Waals surface area contributed by atoms with Gasteiger partial charge >= 0.3 is 0 Å². The molecular weight excluding hydrogens is 242 g/mol. The molecule has 0 aliphatic heterocycles. The Labute approximate surface area is 112 Å². The van der Waals surface area contributed by atoms with Crippen LogP contribution in [0.5, 0.6) is 0 Å². The van der Waals surface area contributed by atoms with Crippen LogP contribution in [0, 0.1) is 20.8 Å². The zero-order valence-electron chi connectivity index (χ0n) is 11.1. The van der Waals surface area contributed by atoms with E-state index in [1.54, 1.807) is 11.3 Å². The molecule has 96 valence electrons. The summed E-state index contributed by atoms with van der Waals surface area (Å²) in [5.41, 5.74) is 4.69. The maximum Gasteiger partial charge on any atom is 0.0925 e. The summed E-state index contributed by atoms with van der Waals surface area (Å²) in [4.78, 5) is 4.25. The average Bonchev–Trinajstić information content (AvgIpc) is 2.77. The second kappa shape index (κ2) is 5.63. The van der Waals surface area contributed by atoms with Gasteiger partial charge in [-0.05, 0) is 43.9 Å². The highest BCUT2D eigenvalue weighted by Gasteiger charge is 2.14. The molecule has 1 aromatic carbocycles. The van der Waals surface area contributed by atoms with Crippen LogP contribution in [0.2, 0.25) is 0 Å². The Morgan fingerprint density at radius 1 is 1.22 bits per heavy atom. The van der Waals surface area contributed by atoms with E-state index >= 15 is 0 Å². The van der Waals surface area contributed by atoms with Gasteiger partial charge in [0.05, 0.1) is 11.1 Å². The third-order valence-electron chi connectivity index (χ3n) is 3.19. The Morgan fingerprint density at radius 2 is 1.89 bits per heavy atom. The fraction of sp³-hybridized carbons (Fsp3) is 0.400. The Kier molecular flexibility index (Phi) is 4.15. The number of aryl methyl sites for hydroxylation is 4. The molecule has 0 radical (unpaired) electrons. The topological polar surface area (TPSA) is 33.1 Å². The van der Waals surface area contributed by atoms with Crippen molar-refractivity contribution in [2.24, 2.45) is 0 Å². The number of hydrogen-bond acceptors (Lipinski definition) is 3. The number of aliphatic hydroxyl groups is 1. The maximum absolute atomic E-state index is 10.3. The first-order valence-electron chi connectivity index (χ1n) is 6.22. The highest BCUT2D eigenvalue weighted by molar-refractivity contribution is 7.09. The molecule has 1 aromatic heterocycles. The van der Waals surface area contributed by atoms with Gasteiger partial charge in [0, 0.05) is 18.0 Å². The minimum Gasteiger partial charge on any atom is -0.388 e. The average molecular weight is 261 g/mol. The van der Waals surface area contributed by atoms with Gasteiger partial charge in [-0.15, -0.1) is 11.3 Å². The van der Waals surface area contributed by atoms with E-state index in [4.69, 9.17) is 0 Å². The number of benzene rings is 1. The van der Waals surface area contributed by atoms with Crippen molar-refractivity contribution in [2.75, 3.05) is 0 Å². The Bertz CT molecular complexity index is 496. The molecule has 2 aromatic rings. The van der Waals surface area contributed by atoms with Gasteiger partial charge < -0.3 is 5.11 Å². The lowest BCUT2D eigenvalue weighted by molar-refractivity contribution is 0.166. The van der Waals surface area contributed by atoms with Crippen LogP contribution in [0.3, 0.4) is 0 Å². The molecule has 3 heteroatoms. The first-order chi connectivity index (χ1) is 8.58. The fourth-order valence-electron chi connectivity index (χ4n) is 2.50. The molecule has 0 spiro atoms. The van der Waals surface area contributed by atoms with E-state index < -0.39 is 6.10 Å². The minimum absolute atomic E-state index is 0.394. The summed E-state index contributed by atoms with van der Waals surface area (Å²) in [6.45, 7) is 6.23. The zero-order chi connectivity index (χ0) is 13.1. The molecule has 18 heavy (non-hydrogen) atoms. The number of thiazole rings is 1. The quantitative estimate of drug-likeness (QED) is 0.909. The van der Waals surface area contributed by atoms with Gasteiger partial charge in [0.15, 0.2) is 0 Å². The second-order valence-corrected chi connectivity index (χ2v) is 5.77. The lowest BCUT2D eigenvalue weighted by Gasteiger charge is -2.17. The first-order valence-corrected chi connectivity index (χ1v) is 7.10. The normalized spacial score (nSPS) is 12.7. The smallest absolute Gasteiger partial charge is 0.0925 e. The molecular formula is C15H19NOS. The molecule has 0 saturated heterocycles. The van der Waals surface area contributed by atoms with Gasteiger partial charge in [-0.2, -0.15) is 0 Å². The van der Waals surface area contributed by atoms with Gasteiger partial charge in [0.25, 0.3) is 0 Å². The number of rotatable bonds is 4. The summed E-state index contributed by atoms with van der Waals surface area (Å²) in [5, 5.41) is 13.4. The predicted octanol–water partition coefficient (Wildman–Crippen LogP) is 3.73. The van der Waals surface area contributed by atoms with Gasteiger partial charge in [-0.25, -0.2) is 4.98 Å². The monoisotopic (exact) mass is 261 g/mol. The summed E-state index contributed by atoms with van der Waals surface area (Å²) in [5.74, 6) is 0. The molecule has 2 rings (SSSR count). The van der Waals surface area contributed by atoms with E-state index in [0.29, 0.717) is 0 Å². The predicted molar refractivity (Wildman–Crippen MR) is 76.0 cm³/mol. The SMILES string of the molecule is Cc1cc(C)c(C(O)CCc2nccs2)c(C)c1. The first kappa shape index (κ1) is 13.2. The van der Waals surface area contributed by atoms with E-state index in [1.165, 1.54) is 16.7 Å². The van der Waals surface area contributed by atoms with Gasteiger partial charge in [-0.3, -0.25) is 0 Å². The van der Waals surface area contributed by atoms with Crippen LogP contribution in [-0.2, 0) is 6.42 Å². The summed E-state index contributed by atoms with van der Waals surface area (Å²) >= 11 is 1.65.